The first-order valence-electron chi connectivity index (χ1n) is 14.1. The number of aryl methyl sites for hydroxylation is 2. The van der Waals surface area contributed by atoms with Crippen molar-refractivity contribution in [3.05, 3.63) is 128 Å². The Labute approximate surface area is 273 Å². The minimum Gasteiger partial charge on any atom is -0.490 e. The molecule has 0 aliphatic rings. The molecular weight excluding hydrogens is 665 g/mol. The third-order valence-electron chi connectivity index (χ3n) is 6.75. The number of ether oxygens (including phenoxy) is 3. The van der Waals surface area contributed by atoms with E-state index in [-0.39, 0.29) is 29.8 Å². The van der Waals surface area contributed by atoms with Crippen molar-refractivity contribution in [2.75, 3.05) is 6.61 Å². The van der Waals surface area contributed by atoms with E-state index in [0.717, 1.165) is 22.6 Å². The molecule has 45 heavy (non-hydrogen) atoms. The molecule has 0 fully saturated rings. The number of hydrogen-bond acceptors (Lipinski definition) is 6. The van der Waals surface area contributed by atoms with Crippen LogP contribution < -0.4 is 19.6 Å². The Morgan fingerprint density at radius 3 is 2.38 bits per heavy atom. The van der Waals surface area contributed by atoms with Gasteiger partial charge in [0.25, 0.3) is 0 Å². The second kappa shape index (κ2) is 14.5. The maximum absolute atomic E-state index is 13.2. The van der Waals surface area contributed by atoms with Gasteiger partial charge in [0.2, 0.25) is 0 Å². The largest absolute Gasteiger partial charge is 0.490 e. The molecule has 8 nitrogen and oxygen atoms in total. The van der Waals surface area contributed by atoms with E-state index in [0.29, 0.717) is 39.7 Å². The minimum absolute atomic E-state index is 0.0799. The number of hydrogen-bond donors (Lipinski definition) is 1. The van der Waals surface area contributed by atoms with E-state index in [9.17, 15) is 9.18 Å². The number of nitrogens with zero attached hydrogens (tertiary/aromatic N) is 2. The van der Waals surface area contributed by atoms with Gasteiger partial charge in [0.05, 0.1) is 12.8 Å². The van der Waals surface area contributed by atoms with Gasteiger partial charge in [0.15, 0.2) is 17.3 Å². The predicted molar refractivity (Wildman–Crippen MR) is 174 cm³/mol. The van der Waals surface area contributed by atoms with Crippen LogP contribution in [0.2, 0.25) is 5.02 Å². The highest BCUT2D eigenvalue weighted by atomic mass is 79.9. The molecule has 1 N–H and O–H groups in total. The van der Waals surface area contributed by atoms with Crippen LogP contribution in [0, 0.1) is 19.7 Å². The molecule has 0 spiro atoms. The summed E-state index contributed by atoms with van der Waals surface area (Å²) in [7, 11) is 0. The highest BCUT2D eigenvalue weighted by Gasteiger charge is 2.18. The highest BCUT2D eigenvalue weighted by Crippen LogP contribution is 2.42. The summed E-state index contributed by atoms with van der Waals surface area (Å²) in [5, 5.41) is 4.32. The molecule has 0 unspecified atom stereocenters. The highest BCUT2D eigenvalue weighted by molar-refractivity contribution is 9.10. The molecule has 0 saturated heterocycles. The molecule has 11 heteroatoms. The van der Waals surface area contributed by atoms with Crippen molar-refractivity contribution in [3.63, 3.8) is 0 Å². The Kier molecular flexibility index (Phi) is 10.3. The monoisotopic (exact) mass is 693 g/mol. The van der Waals surface area contributed by atoms with Crippen LogP contribution >= 0.6 is 27.5 Å². The van der Waals surface area contributed by atoms with E-state index in [2.05, 4.69) is 57.0 Å². The Balaban J connectivity index is 1.18. The predicted octanol–water partition coefficient (Wildman–Crippen LogP) is 8.56. The van der Waals surface area contributed by atoms with Gasteiger partial charge < -0.3 is 23.2 Å². The number of rotatable bonds is 12. The molecule has 3 aromatic carbocycles. The molecule has 0 saturated carbocycles. The van der Waals surface area contributed by atoms with Gasteiger partial charge in [0.1, 0.15) is 35.6 Å². The van der Waals surface area contributed by atoms with E-state index in [1.807, 2.05) is 31.2 Å². The molecule has 0 bridgehead atoms. The molecule has 0 aliphatic carbocycles. The summed E-state index contributed by atoms with van der Waals surface area (Å²) in [6.07, 6.45) is 1.42. The van der Waals surface area contributed by atoms with Crippen LogP contribution in [0.5, 0.6) is 17.2 Å². The first kappa shape index (κ1) is 31.9. The summed E-state index contributed by atoms with van der Waals surface area (Å²) in [6, 6.07) is 22.8. The van der Waals surface area contributed by atoms with Gasteiger partial charge in [-0.05, 0) is 109 Å². The van der Waals surface area contributed by atoms with Crippen molar-refractivity contribution in [3.8, 4) is 22.9 Å². The summed E-state index contributed by atoms with van der Waals surface area (Å²) in [5.74, 6) is 1.09. The Hall–Kier alpha value is -4.54. The summed E-state index contributed by atoms with van der Waals surface area (Å²) in [4.78, 5) is 12.7. The molecule has 5 aromatic rings. The van der Waals surface area contributed by atoms with Crippen molar-refractivity contribution in [1.29, 1.82) is 0 Å². The molecule has 1 amide bonds. The first-order chi connectivity index (χ1) is 21.7. The average molecular weight is 695 g/mol. The number of nitrogens with one attached hydrogen (secondary N) is 1. The van der Waals surface area contributed by atoms with Gasteiger partial charge in [-0.2, -0.15) is 5.10 Å². The number of carbonyl (C=O) groups excluding carboxylic acids is 1. The van der Waals surface area contributed by atoms with Gasteiger partial charge in [0, 0.05) is 27.1 Å². The minimum atomic E-state index is -0.536. The van der Waals surface area contributed by atoms with Crippen LogP contribution in [0.3, 0.4) is 0 Å². The van der Waals surface area contributed by atoms with Crippen LogP contribution in [-0.2, 0) is 13.2 Å². The number of amides is 1. The number of aromatic nitrogens is 1. The lowest BCUT2D eigenvalue weighted by molar-refractivity contribution is 0.0923. The average Bonchev–Trinajstić information content (AvgIpc) is 3.65. The SMILES string of the molecule is CCOc1cc(/C=N/NC(=O)c2ccc(COc3ccc(-n4c(C)ccc4C)cc3)o2)c(Br)c(Cl)c1OCc1ccc(F)cc1. The second-order valence-electron chi connectivity index (χ2n) is 9.97. The van der Waals surface area contributed by atoms with Gasteiger partial charge in [-0.3, -0.25) is 4.79 Å². The molecule has 5 rings (SSSR count). The standard InChI is InChI=1S/C34H30BrClFN3O5/c1-4-42-30-17-24(31(35)32(36)33(30)44-19-23-7-9-25(37)10-8-23)18-38-39-34(41)29-16-15-28(45-29)20-43-27-13-11-26(12-14-27)40-21(2)5-6-22(40)3/h5-18H,4,19-20H2,1-3H3,(H,39,41)/b38-18+. The van der Waals surface area contributed by atoms with E-state index >= 15 is 0 Å². The third kappa shape index (κ3) is 7.76. The Morgan fingerprint density at radius 2 is 1.69 bits per heavy atom. The summed E-state index contributed by atoms with van der Waals surface area (Å²) in [5.41, 5.74) is 7.12. The van der Waals surface area contributed by atoms with Crippen molar-refractivity contribution < 1.29 is 27.8 Å². The zero-order valence-electron chi connectivity index (χ0n) is 24.8. The molecule has 232 valence electrons. The molecule has 2 aromatic heterocycles. The van der Waals surface area contributed by atoms with Crippen LogP contribution in [0.1, 0.15) is 45.8 Å². The van der Waals surface area contributed by atoms with E-state index in [1.54, 1.807) is 30.3 Å². The van der Waals surface area contributed by atoms with Crippen molar-refractivity contribution in [2.45, 2.75) is 34.0 Å². The quantitative estimate of drug-likeness (QED) is 0.104. The lowest BCUT2D eigenvalue weighted by Crippen LogP contribution is -2.16. The number of furan rings is 1. The lowest BCUT2D eigenvalue weighted by atomic mass is 10.2. The summed E-state index contributed by atoms with van der Waals surface area (Å²) < 4.78 is 39.1. The van der Waals surface area contributed by atoms with E-state index in [1.165, 1.54) is 18.3 Å². The maximum atomic E-state index is 13.2. The smallest absolute Gasteiger partial charge is 0.307 e. The summed E-state index contributed by atoms with van der Waals surface area (Å²) in [6.45, 7) is 6.63. The third-order valence-corrected chi connectivity index (χ3v) is 8.20. The normalized spacial score (nSPS) is 11.2. The first-order valence-corrected chi connectivity index (χ1v) is 15.2. The van der Waals surface area contributed by atoms with E-state index in [4.69, 9.17) is 30.2 Å². The van der Waals surface area contributed by atoms with Crippen LogP contribution in [0.4, 0.5) is 4.39 Å². The molecular formula is C34H30BrClFN3O5. The maximum Gasteiger partial charge on any atom is 0.307 e. The fourth-order valence-electron chi connectivity index (χ4n) is 4.55. The molecule has 0 radical (unpaired) electrons. The van der Waals surface area contributed by atoms with Crippen molar-refractivity contribution in [2.24, 2.45) is 5.10 Å². The molecule has 0 aliphatic heterocycles. The fourth-order valence-corrected chi connectivity index (χ4v) is 5.20. The van der Waals surface area contributed by atoms with Gasteiger partial charge in [-0.1, -0.05) is 23.7 Å². The Morgan fingerprint density at radius 1 is 0.978 bits per heavy atom. The van der Waals surface area contributed by atoms with Crippen LogP contribution in [-0.4, -0.2) is 23.3 Å². The molecule has 2 heterocycles. The van der Waals surface area contributed by atoms with Crippen molar-refractivity contribution in [1.82, 2.24) is 9.99 Å². The van der Waals surface area contributed by atoms with E-state index < -0.39 is 5.91 Å². The van der Waals surface area contributed by atoms with Crippen LogP contribution in [0.15, 0.2) is 92.9 Å². The topological polar surface area (TPSA) is 87.2 Å². The zero-order valence-corrected chi connectivity index (χ0v) is 27.1. The number of hydrazone groups is 1. The van der Waals surface area contributed by atoms with Gasteiger partial charge in [-0.25, -0.2) is 9.82 Å². The second-order valence-corrected chi connectivity index (χ2v) is 11.1. The van der Waals surface area contributed by atoms with Gasteiger partial charge in [-0.15, -0.1) is 0 Å². The fraction of sp³-hybridized carbons (Fsp3) is 0.176. The van der Waals surface area contributed by atoms with Crippen LogP contribution in [0.25, 0.3) is 5.69 Å². The Bertz CT molecular complexity index is 1800. The molecule has 0 atom stereocenters. The number of benzene rings is 3. The lowest BCUT2D eigenvalue weighted by Gasteiger charge is -2.16. The number of carbonyl (C=O) groups is 1. The number of halogens is 3. The van der Waals surface area contributed by atoms with Gasteiger partial charge >= 0.3 is 5.91 Å². The zero-order chi connectivity index (χ0) is 31.9. The van der Waals surface area contributed by atoms with Crippen molar-refractivity contribution >= 4 is 39.7 Å². The summed E-state index contributed by atoms with van der Waals surface area (Å²) >= 11 is 10.1.